The molecule has 0 aliphatic carbocycles. The maximum atomic E-state index is 5.97. The van der Waals surface area contributed by atoms with E-state index in [2.05, 4.69) is 68.9 Å². The average Bonchev–Trinajstić information content (AvgIpc) is 2.33. The SMILES string of the molecule is CC1CN(c2cc(CNC(C)(C)C)ccn2)CC(C)(C)O1. The number of nitrogens with zero attached hydrogens (tertiary/aromatic N) is 2. The molecule has 118 valence electrons. The van der Waals surface area contributed by atoms with Crippen molar-refractivity contribution in [1.29, 1.82) is 0 Å². The Morgan fingerprint density at radius 3 is 2.76 bits per heavy atom. The van der Waals surface area contributed by atoms with E-state index in [9.17, 15) is 0 Å². The first kappa shape index (κ1) is 16.2. The van der Waals surface area contributed by atoms with Crippen LogP contribution in [0.15, 0.2) is 18.3 Å². The smallest absolute Gasteiger partial charge is 0.128 e. The van der Waals surface area contributed by atoms with Gasteiger partial charge in [0.2, 0.25) is 0 Å². The van der Waals surface area contributed by atoms with Gasteiger partial charge >= 0.3 is 0 Å². The zero-order chi connectivity index (χ0) is 15.7. The van der Waals surface area contributed by atoms with Crippen molar-refractivity contribution in [1.82, 2.24) is 10.3 Å². The van der Waals surface area contributed by atoms with Crippen molar-refractivity contribution in [3.8, 4) is 0 Å². The number of ether oxygens (including phenoxy) is 1. The van der Waals surface area contributed by atoms with Gasteiger partial charge in [0.1, 0.15) is 5.82 Å². The minimum Gasteiger partial charge on any atom is -0.369 e. The molecule has 1 atom stereocenters. The van der Waals surface area contributed by atoms with Crippen LogP contribution in [0.3, 0.4) is 0 Å². The normalized spacial score (nSPS) is 22.4. The Kier molecular flexibility index (Phi) is 4.59. The van der Waals surface area contributed by atoms with Crippen LogP contribution in [0.25, 0.3) is 0 Å². The minimum absolute atomic E-state index is 0.124. The zero-order valence-corrected chi connectivity index (χ0v) is 14.2. The lowest BCUT2D eigenvalue weighted by molar-refractivity contribution is -0.0751. The molecule has 1 aliphatic heterocycles. The number of pyridine rings is 1. The highest BCUT2D eigenvalue weighted by Crippen LogP contribution is 2.25. The Morgan fingerprint density at radius 1 is 1.43 bits per heavy atom. The summed E-state index contributed by atoms with van der Waals surface area (Å²) in [7, 11) is 0. The van der Waals surface area contributed by atoms with Crippen LogP contribution in [0.4, 0.5) is 5.82 Å². The average molecular weight is 291 g/mol. The minimum atomic E-state index is -0.126. The predicted molar refractivity (Wildman–Crippen MR) is 87.7 cm³/mol. The van der Waals surface area contributed by atoms with Crippen LogP contribution in [0, 0.1) is 0 Å². The second-order valence-corrected chi connectivity index (χ2v) is 7.69. The van der Waals surface area contributed by atoms with Crippen LogP contribution in [0.5, 0.6) is 0 Å². The van der Waals surface area contributed by atoms with Gasteiger partial charge < -0.3 is 15.0 Å². The van der Waals surface area contributed by atoms with Gasteiger partial charge in [-0.05, 0) is 59.2 Å². The van der Waals surface area contributed by atoms with E-state index in [1.165, 1.54) is 5.56 Å². The molecule has 0 bridgehead atoms. The van der Waals surface area contributed by atoms with Crippen LogP contribution in [0.1, 0.15) is 47.1 Å². The summed E-state index contributed by atoms with van der Waals surface area (Å²) in [6.45, 7) is 15.6. The van der Waals surface area contributed by atoms with Crippen molar-refractivity contribution in [3.05, 3.63) is 23.9 Å². The van der Waals surface area contributed by atoms with Crippen LogP contribution >= 0.6 is 0 Å². The molecule has 0 spiro atoms. The first-order valence-corrected chi connectivity index (χ1v) is 7.77. The topological polar surface area (TPSA) is 37.4 Å². The second kappa shape index (κ2) is 5.93. The molecular weight excluding hydrogens is 262 g/mol. The van der Waals surface area contributed by atoms with Gasteiger partial charge in [-0.2, -0.15) is 0 Å². The highest BCUT2D eigenvalue weighted by molar-refractivity contribution is 5.42. The van der Waals surface area contributed by atoms with E-state index in [4.69, 9.17) is 4.74 Å². The lowest BCUT2D eigenvalue weighted by Crippen LogP contribution is -2.52. The summed E-state index contributed by atoms with van der Waals surface area (Å²) in [5, 5.41) is 3.52. The molecule has 1 unspecified atom stereocenters. The molecule has 1 N–H and O–H groups in total. The van der Waals surface area contributed by atoms with Crippen molar-refractivity contribution in [2.45, 2.75) is 65.3 Å². The number of anilines is 1. The summed E-state index contributed by atoms with van der Waals surface area (Å²) in [5.41, 5.74) is 1.27. The fourth-order valence-corrected chi connectivity index (χ4v) is 2.74. The number of hydrogen-bond acceptors (Lipinski definition) is 4. The van der Waals surface area contributed by atoms with E-state index in [1.807, 2.05) is 6.20 Å². The molecule has 1 aliphatic rings. The third-order valence-electron chi connectivity index (χ3n) is 3.53. The van der Waals surface area contributed by atoms with E-state index >= 15 is 0 Å². The molecule has 4 heteroatoms. The molecule has 2 heterocycles. The maximum Gasteiger partial charge on any atom is 0.128 e. The molecule has 0 amide bonds. The molecule has 1 saturated heterocycles. The monoisotopic (exact) mass is 291 g/mol. The first-order chi connectivity index (χ1) is 9.65. The fourth-order valence-electron chi connectivity index (χ4n) is 2.74. The van der Waals surface area contributed by atoms with Crippen molar-refractivity contribution < 1.29 is 4.74 Å². The molecule has 1 fully saturated rings. The molecule has 2 rings (SSSR count). The maximum absolute atomic E-state index is 5.97. The van der Waals surface area contributed by atoms with Gasteiger partial charge in [-0.3, -0.25) is 0 Å². The lowest BCUT2D eigenvalue weighted by atomic mass is 10.1. The van der Waals surface area contributed by atoms with Crippen molar-refractivity contribution in [3.63, 3.8) is 0 Å². The standard InChI is InChI=1S/C17H29N3O/c1-13-11-20(12-17(5,6)21-13)15-9-14(7-8-18-15)10-19-16(2,3)4/h7-9,13,19H,10-12H2,1-6H3. The van der Waals surface area contributed by atoms with Gasteiger partial charge in [-0.15, -0.1) is 0 Å². The molecule has 0 saturated carbocycles. The Bertz CT molecular complexity index is 479. The third-order valence-corrected chi connectivity index (χ3v) is 3.53. The summed E-state index contributed by atoms with van der Waals surface area (Å²) in [4.78, 5) is 6.88. The van der Waals surface area contributed by atoms with Crippen molar-refractivity contribution in [2.75, 3.05) is 18.0 Å². The summed E-state index contributed by atoms with van der Waals surface area (Å²) in [6.07, 6.45) is 2.13. The first-order valence-electron chi connectivity index (χ1n) is 7.77. The number of hydrogen-bond donors (Lipinski definition) is 1. The summed E-state index contributed by atoms with van der Waals surface area (Å²) in [5.74, 6) is 1.05. The van der Waals surface area contributed by atoms with Crippen LogP contribution in [-0.2, 0) is 11.3 Å². The summed E-state index contributed by atoms with van der Waals surface area (Å²) in [6, 6.07) is 4.27. The van der Waals surface area contributed by atoms with Gasteiger partial charge in [0.25, 0.3) is 0 Å². The van der Waals surface area contributed by atoms with E-state index in [-0.39, 0.29) is 17.2 Å². The molecule has 4 nitrogen and oxygen atoms in total. The quantitative estimate of drug-likeness (QED) is 0.929. The van der Waals surface area contributed by atoms with Crippen molar-refractivity contribution in [2.24, 2.45) is 0 Å². The summed E-state index contributed by atoms with van der Waals surface area (Å²) < 4.78 is 5.97. The molecule has 1 aromatic heterocycles. The van der Waals surface area contributed by atoms with Gasteiger partial charge in [-0.1, -0.05) is 0 Å². The van der Waals surface area contributed by atoms with E-state index in [1.54, 1.807) is 0 Å². The van der Waals surface area contributed by atoms with Gasteiger partial charge in [0.05, 0.1) is 11.7 Å². The van der Waals surface area contributed by atoms with Crippen LogP contribution in [0.2, 0.25) is 0 Å². The Balaban J connectivity index is 2.10. The molecule has 0 radical (unpaired) electrons. The number of aromatic nitrogens is 1. The van der Waals surface area contributed by atoms with E-state index < -0.39 is 0 Å². The number of rotatable bonds is 3. The molecule has 21 heavy (non-hydrogen) atoms. The zero-order valence-electron chi connectivity index (χ0n) is 14.2. The predicted octanol–water partition coefficient (Wildman–Crippen LogP) is 2.97. The van der Waals surface area contributed by atoms with Crippen LogP contribution < -0.4 is 10.2 Å². The molecule has 0 aromatic carbocycles. The number of nitrogens with one attached hydrogen (secondary N) is 1. The largest absolute Gasteiger partial charge is 0.369 e. The van der Waals surface area contributed by atoms with Gasteiger partial charge in [-0.25, -0.2) is 4.98 Å². The fraction of sp³-hybridized carbons (Fsp3) is 0.706. The second-order valence-electron chi connectivity index (χ2n) is 7.69. The van der Waals surface area contributed by atoms with Crippen molar-refractivity contribution >= 4 is 5.82 Å². The molecule has 1 aromatic rings. The molecular formula is C17H29N3O. The van der Waals surface area contributed by atoms with E-state index in [0.29, 0.717) is 0 Å². The summed E-state index contributed by atoms with van der Waals surface area (Å²) >= 11 is 0. The van der Waals surface area contributed by atoms with Gasteiger partial charge in [0.15, 0.2) is 0 Å². The Morgan fingerprint density at radius 2 is 2.14 bits per heavy atom. The lowest BCUT2D eigenvalue weighted by Gasteiger charge is -2.42. The highest BCUT2D eigenvalue weighted by atomic mass is 16.5. The highest BCUT2D eigenvalue weighted by Gasteiger charge is 2.31. The van der Waals surface area contributed by atoms with Crippen LogP contribution in [-0.4, -0.2) is 35.3 Å². The number of morpholine rings is 1. The Labute approximate surface area is 128 Å². The van der Waals surface area contributed by atoms with E-state index in [0.717, 1.165) is 25.5 Å². The van der Waals surface area contributed by atoms with Gasteiger partial charge in [0, 0.05) is 31.4 Å². The Hall–Kier alpha value is -1.13. The third kappa shape index (κ3) is 4.97.